The first kappa shape index (κ1) is 22.0. The van der Waals surface area contributed by atoms with Gasteiger partial charge in [-0.15, -0.1) is 0 Å². The number of pyridine rings is 1. The Hall–Kier alpha value is -3.82. The molecule has 0 atom stereocenters. The van der Waals surface area contributed by atoms with Gasteiger partial charge in [-0.05, 0) is 60.2 Å². The van der Waals surface area contributed by atoms with Crippen LogP contribution in [0.1, 0.15) is 5.56 Å². The van der Waals surface area contributed by atoms with Crippen LogP contribution in [0.15, 0.2) is 111 Å². The van der Waals surface area contributed by atoms with Crippen LogP contribution in [0.25, 0.3) is 0 Å². The van der Waals surface area contributed by atoms with Gasteiger partial charge in [0.2, 0.25) is 9.84 Å². The van der Waals surface area contributed by atoms with Crippen molar-refractivity contribution in [3.8, 4) is 11.5 Å². The lowest BCUT2D eigenvalue weighted by atomic mass is 10.3. The SMILES string of the molecule is O=C(NCc1cccnc1)Nc1ccc(S(=O)(=O)c2cccc3c2Oc2ccccc2S3)cc1. The molecule has 9 heteroatoms. The summed E-state index contributed by atoms with van der Waals surface area (Å²) in [6.45, 7) is 0.326. The first-order chi connectivity index (χ1) is 16.5. The fourth-order valence-electron chi connectivity index (χ4n) is 3.44. The third-order valence-corrected chi connectivity index (χ3v) is 8.00. The van der Waals surface area contributed by atoms with E-state index in [9.17, 15) is 13.2 Å². The maximum absolute atomic E-state index is 13.4. The molecule has 1 aliphatic rings. The molecule has 0 saturated carbocycles. The van der Waals surface area contributed by atoms with Gasteiger partial charge >= 0.3 is 6.03 Å². The van der Waals surface area contributed by atoms with E-state index in [0.29, 0.717) is 23.7 Å². The Bertz CT molecular complexity index is 1460. The number of nitrogens with zero attached hydrogens (tertiary/aromatic N) is 1. The van der Waals surface area contributed by atoms with Crippen LogP contribution < -0.4 is 15.4 Å². The van der Waals surface area contributed by atoms with Crippen molar-refractivity contribution in [1.82, 2.24) is 10.3 Å². The lowest BCUT2D eigenvalue weighted by Gasteiger charge is -2.21. The molecule has 2 amide bonds. The van der Waals surface area contributed by atoms with Gasteiger partial charge in [0.25, 0.3) is 0 Å². The van der Waals surface area contributed by atoms with Gasteiger partial charge in [0, 0.05) is 24.6 Å². The molecule has 1 aliphatic heterocycles. The normalized spacial score (nSPS) is 12.1. The number of hydrogen-bond donors (Lipinski definition) is 2. The van der Waals surface area contributed by atoms with E-state index in [0.717, 1.165) is 15.4 Å². The third-order valence-electron chi connectivity index (χ3n) is 5.11. The van der Waals surface area contributed by atoms with Gasteiger partial charge in [0.1, 0.15) is 10.6 Å². The van der Waals surface area contributed by atoms with Crippen LogP contribution in [0.3, 0.4) is 0 Å². The molecule has 7 nitrogen and oxygen atoms in total. The highest BCUT2D eigenvalue weighted by Gasteiger charge is 2.28. The highest BCUT2D eigenvalue weighted by Crippen LogP contribution is 2.49. The van der Waals surface area contributed by atoms with E-state index in [-0.39, 0.29) is 9.79 Å². The summed E-state index contributed by atoms with van der Waals surface area (Å²) in [5.41, 5.74) is 1.34. The van der Waals surface area contributed by atoms with Crippen LogP contribution in [-0.2, 0) is 16.4 Å². The molecule has 0 radical (unpaired) electrons. The smallest absolute Gasteiger partial charge is 0.319 e. The average Bonchev–Trinajstić information content (AvgIpc) is 2.87. The van der Waals surface area contributed by atoms with E-state index in [1.807, 2.05) is 36.4 Å². The third kappa shape index (κ3) is 4.48. The molecule has 0 fully saturated rings. The van der Waals surface area contributed by atoms with Gasteiger partial charge in [-0.2, -0.15) is 0 Å². The van der Waals surface area contributed by atoms with E-state index >= 15 is 0 Å². The number of para-hydroxylation sites is 2. The summed E-state index contributed by atoms with van der Waals surface area (Å²) in [4.78, 5) is 18.1. The van der Waals surface area contributed by atoms with Crippen LogP contribution in [0.2, 0.25) is 0 Å². The number of ether oxygens (including phenoxy) is 1. The van der Waals surface area contributed by atoms with Gasteiger partial charge in [-0.1, -0.05) is 36.0 Å². The molecule has 0 bridgehead atoms. The van der Waals surface area contributed by atoms with Gasteiger partial charge in [0.05, 0.1) is 14.7 Å². The Morgan fingerprint density at radius 1 is 0.912 bits per heavy atom. The maximum atomic E-state index is 13.4. The summed E-state index contributed by atoms with van der Waals surface area (Å²) < 4.78 is 32.8. The summed E-state index contributed by atoms with van der Waals surface area (Å²) in [6.07, 6.45) is 3.33. The van der Waals surface area contributed by atoms with Crippen LogP contribution in [0.4, 0.5) is 10.5 Å². The zero-order chi connectivity index (χ0) is 23.5. The lowest BCUT2D eigenvalue weighted by Crippen LogP contribution is -2.28. The second-order valence-corrected chi connectivity index (χ2v) is 10.4. The van der Waals surface area contributed by atoms with E-state index in [1.165, 1.54) is 23.9 Å². The molecule has 2 heterocycles. The van der Waals surface area contributed by atoms with Crippen LogP contribution >= 0.6 is 11.8 Å². The predicted octanol–water partition coefficient (Wildman–Crippen LogP) is 5.49. The molecule has 0 unspecified atom stereocenters. The minimum atomic E-state index is -3.85. The van der Waals surface area contributed by atoms with Crippen molar-refractivity contribution in [1.29, 1.82) is 0 Å². The van der Waals surface area contributed by atoms with Crippen LogP contribution in [0.5, 0.6) is 11.5 Å². The Balaban J connectivity index is 1.32. The zero-order valence-corrected chi connectivity index (χ0v) is 19.4. The van der Waals surface area contributed by atoms with Crippen LogP contribution in [-0.4, -0.2) is 19.4 Å². The van der Waals surface area contributed by atoms with Crippen molar-refractivity contribution in [2.45, 2.75) is 26.1 Å². The number of carbonyl (C=O) groups is 1. The Kier molecular flexibility index (Phi) is 5.95. The summed E-state index contributed by atoms with van der Waals surface area (Å²) in [6, 6.07) is 21.9. The van der Waals surface area contributed by atoms with Crippen molar-refractivity contribution in [2.24, 2.45) is 0 Å². The number of sulfone groups is 1. The number of amides is 2. The molecule has 34 heavy (non-hydrogen) atoms. The molecule has 5 rings (SSSR count). The monoisotopic (exact) mass is 489 g/mol. The highest BCUT2D eigenvalue weighted by molar-refractivity contribution is 7.99. The van der Waals surface area contributed by atoms with E-state index < -0.39 is 15.9 Å². The number of fused-ring (bicyclic) bond motifs is 2. The summed E-state index contributed by atoms with van der Waals surface area (Å²) in [5, 5.41) is 5.43. The van der Waals surface area contributed by atoms with Gasteiger partial charge in [0.15, 0.2) is 5.75 Å². The maximum Gasteiger partial charge on any atom is 0.319 e. The minimum Gasteiger partial charge on any atom is -0.454 e. The topological polar surface area (TPSA) is 97.4 Å². The largest absolute Gasteiger partial charge is 0.454 e. The number of rotatable bonds is 5. The summed E-state index contributed by atoms with van der Waals surface area (Å²) in [5.74, 6) is 0.947. The average molecular weight is 490 g/mol. The van der Waals surface area contributed by atoms with E-state index in [1.54, 1.807) is 42.7 Å². The molecule has 170 valence electrons. The Labute approximate surface area is 201 Å². The van der Waals surface area contributed by atoms with Crippen molar-refractivity contribution in [3.63, 3.8) is 0 Å². The number of carbonyl (C=O) groups excluding carboxylic acids is 1. The quantitative estimate of drug-likeness (QED) is 0.339. The van der Waals surface area contributed by atoms with Crippen molar-refractivity contribution in [3.05, 3.63) is 96.8 Å². The molecule has 0 saturated heterocycles. The summed E-state index contributed by atoms with van der Waals surface area (Å²) in [7, 11) is -3.85. The number of benzene rings is 3. The van der Waals surface area contributed by atoms with E-state index in [4.69, 9.17) is 4.74 Å². The first-order valence-corrected chi connectivity index (χ1v) is 12.7. The first-order valence-electron chi connectivity index (χ1n) is 10.4. The molecule has 0 aliphatic carbocycles. The summed E-state index contributed by atoms with van der Waals surface area (Å²) >= 11 is 1.47. The fraction of sp³-hybridized carbons (Fsp3) is 0.0400. The van der Waals surface area contributed by atoms with Gasteiger partial charge in [-0.3, -0.25) is 4.98 Å². The second kappa shape index (κ2) is 9.20. The number of urea groups is 1. The molecule has 1 aromatic heterocycles. The zero-order valence-electron chi connectivity index (χ0n) is 17.8. The number of aromatic nitrogens is 1. The number of nitrogens with one attached hydrogen (secondary N) is 2. The minimum absolute atomic E-state index is 0.0990. The predicted molar refractivity (Wildman–Crippen MR) is 129 cm³/mol. The van der Waals surface area contributed by atoms with Crippen molar-refractivity contribution < 1.29 is 17.9 Å². The number of hydrogen-bond acceptors (Lipinski definition) is 6. The fourth-order valence-corrected chi connectivity index (χ4v) is 5.89. The van der Waals surface area contributed by atoms with Gasteiger partial charge in [-0.25, -0.2) is 13.2 Å². The Morgan fingerprint density at radius 2 is 1.71 bits per heavy atom. The van der Waals surface area contributed by atoms with E-state index in [2.05, 4.69) is 15.6 Å². The van der Waals surface area contributed by atoms with Gasteiger partial charge < -0.3 is 15.4 Å². The molecular formula is C25H19N3O4S2. The molecule has 4 aromatic rings. The molecule has 0 spiro atoms. The van der Waals surface area contributed by atoms with Crippen LogP contribution in [0, 0.1) is 0 Å². The standard InChI is InChI=1S/C25H19N3O4S2/c29-25(27-16-17-5-4-14-26-15-17)28-18-10-12-19(13-11-18)34(30,31)23-9-3-8-22-24(23)32-20-6-1-2-7-21(20)33-22/h1-15H,16H2,(H2,27,28,29). The number of anilines is 1. The molecule has 2 N–H and O–H groups in total. The highest BCUT2D eigenvalue weighted by atomic mass is 32.2. The second-order valence-electron chi connectivity index (χ2n) is 7.43. The lowest BCUT2D eigenvalue weighted by molar-refractivity contribution is 0.251. The van der Waals surface area contributed by atoms with Crippen molar-refractivity contribution in [2.75, 3.05) is 5.32 Å². The molecule has 3 aromatic carbocycles. The Morgan fingerprint density at radius 3 is 2.50 bits per heavy atom. The molecular weight excluding hydrogens is 470 g/mol. The van der Waals surface area contributed by atoms with Crippen molar-refractivity contribution >= 4 is 33.3 Å².